The highest BCUT2D eigenvalue weighted by atomic mass is 32.1. The van der Waals surface area contributed by atoms with Crippen LogP contribution in [-0.2, 0) is 6.54 Å². The number of nitrogens with zero attached hydrogens (tertiary/aromatic N) is 5. The fourth-order valence-corrected chi connectivity index (χ4v) is 2.97. The fraction of sp³-hybridized carbons (Fsp3) is 0.143. The first-order chi connectivity index (χ1) is 10.7. The Kier molecular flexibility index (Phi) is 2.90. The molecule has 8 heteroatoms. The van der Waals surface area contributed by atoms with Crippen molar-refractivity contribution in [2.45, 2.75) is 13.5 Å². The lowest BCUT2D eigenvalue weighted by atomic mass is 10.3. The Bertz CT molecular complexity index is 953. The van der Waals surface area contributed by atoms with Crippen LogP contribution in [0, 0.1) is 6.92 Å². The number of fused-ring (bicyclic) bond motifs is 2. The number of aromatic nitrogens is 5. The number of amides is 1. The average Bonchev–Trinajstić information content (AvgIpc) is 3.18. The summed E-state index contributed by atoms with van der Waals surface area (Å²) in [5.41, 5.74) is 2.69. The minimum atomic E-state index is -0.204. The molecule has 4 heterocycles. The van der Waals surface area contributed by atoms with E-state index in [1.54, 1.807) is 22.0 Å². The molecule has 0 saturated heterocycles. The number of aryl methyl sites for hydroxylation is 1. The van der Waals surface area contributed by atoms with Crippen LogP contribution < -0.4 is 5.32 Å². The number of imidazole rings is 1. The number of carbonyl (C=O) groups is 1. The third kappa shape index (κ3) is 2.13. The summed E-state index contributed by atoms with van der Waals surface area (Å²) in [6.45, 7) is 2.25. The van der Waals surface area contributed by atoms with Crippen molar-refractivity contribution in [3.63, 3.8) is 0 Å². The third-order valence-electron chi connectivity index (χ3n) is 3.33. The molecule has 0 bridgehead atoms. The van der Waals surface area contributed by atoms with Gasteiger partial charge in [0.05, 0.1) is 18.4 Å². The molecule has 0 saturated carbocycles. The highest BCUT2D eigenvalue weighted by Gasteiger charge is 2.14. The standard InChI is InChI=1S/C14H12N6OS/c1-9-2-3-20-12(17-9)11(7-16-20)13(21)15-6-10-8-19-4-5-22-14(19)18-10/h2-5,7-8H,6H2,1H3,(H,15,21). The first-order valence-corrected chi connectivity index (χ1v) is 7.59. The highest BCUT2D eigenvalue weighted by molar-refractivity contribution is 7.15. The Hall–Kier alpha value is -2.74. The van der Waals surface area contributed by atoms with Crippen LogP contribution in [0.5, 0.6) is 0 Å². The molecule has 0 unspecified atom stereocenters. The Balaban J connectivity index is 1.55. The van der Waals surface area contributed by atoms with E-state index in [1.165, 1.54) is 6.20 Å². The molecule has 110 valence electrons. The quantitative estimate of drug-likeness (QED) is 0.624. The maximum absolute atomic E-state index is 12.3. The molecule has 0 atom stereocenters. The second-order valence-electron chi connectivity index (χ2n) is 4.90. The predicted octanol–water partition coefficient (Wildman–Crippen LogP) is 1.68. The number of carbonyl (C=O) groups excluding carboxylic acids is 1. The second-order valence-corrected chi connectivity index (χ2v) is 5.78. The van der Waals surface area contributed by atoms with Gasteiger partial charge < -0.3 is 5.32 Å². The summed E-state index contributed by atoms with van der Waals surface area (Å²) in [6.07, 6.45) is 7.17. The monoisotopic (exact) mass is 312 g/mol. The van der Waals surface area contributed by atoms with E-state index < -0.39 is 0 Å². The van der Waals surface area contributed by atoms with Crippen molar-refractivity contribution in [2.24, 2.45) is 0 Å². The summed E-state index contributed by atoms with van der Waals surface area (Å²) < 4.78 is 3.53. The van der Waals surface area contributed by atoms with Crippen molar-refractivity contribution < 1.29 is 4.79 Å². The molecule has 0 radical (unpaired) electrons. The van der Waals surface area contributed by atoms with Gasteiger partial charge in [-0.25, -0.2) is 14.5 Å². The smallest absolute Gasteiger partial charge is 0.257 e. The first kappa shape index (κ1) is 13.0. The number of hydrogen-bond donors (Lipinski definition) is 1. The summed E-state index contributed by atoms with van der Waals surface area (Å²) in [6, 6.07) is 1.85. The van der Waals surface area contributed by atoms with E-state index in [1.807, 2.05) is 35.2 Å². The van der Waals surface area contributed by atoms with Crippen molar-refractivity contribution in [1.82, 2.24) is 29.3 Å². The Morgan fingerprint density at radius 1 is 1.36 bits per heavy atom. The van der Waals surface area contributed by atoms with Gasteiger partial charge >= 0.3 is 0 Å². The molecule has 0 spiro atoms. The first-order valence-electron chi connectivity index (χ1n) is 6.71. The van der Waals surface area contributed by atoms with Crippen molar-refractivity contribution in [3.05, 3.63) is 53.2 Å². The maximum Gasteiger partial charge on any atom is 0.257 e. The lowest BCUT2D eigenvalue weighted by molar-refractivity contribution is 0.0952. The van der Waals surface area contributed by atoms with Gasteiger partial charge in [-0.2, -0.15) is 5.10 Å². The van der Waals surface area contributed by atoms with Crippen molar-refractivity contribution in [3.8, 4) is 0 Å². The molecule has 22 heavy (non-hydrogen) atoms. The van der Waals surface area contributed by atoms with Gasteiger partial charge in [-0.3, -0.25) is 9.20 Å². The van der Waals surface area contributed by atoms with Crippen LogP contribution in [0.1, 0.15) is 21.7 Å². The Morgan fingerprint density at radius 3 is 3.14 bits per heavy atom. The van der Waals surface area contributed by atoms with Crippen LogP contribution in [0.15, 0.2) is 36.2 Å². The Morgan fingerprint density at radius 2 is 2.27 bits per heavy atom. The van der Waals surface area contributed by atoms with Gasteiger partial charge in [0.2, 0.25) is 0 Å². The van der Waals surface area contributed by atoms with Crippen molar-refractivity contribution in [2.75, 3.05) is 0 Å². The largest absolute Gasteiger partial charge is 0.346 e. The van der Waals surface area contributed by atoms with Crippen molar-refractivity contribution >= 4 is 27.9 Å². The van der Waals surface area contributed by atoms with E-state index >= 15 is 0 Å². The topological polar surface area (TPSA) is 76.6 Å². The van der Waals surface area contributed by atoms with Crippen LogP contribution in [0.2, 0.25) is 0 Å². The number of thiazole rings is 1. The zero-order valence-electron chi connectivity index (χ0n) is 11.7. The summed E-state index contributed by atoms with van der Waals surface area (Å²) in [4.78, 5) is 22.0. The molecule has 4 rings (SSSR count). The van der Waals surface area contributed by atoms with Crippen LogP contribution in [0.4, 0.5) is 0 Å². The highest BCUT2D eigenvalue weighted by Crippen LogP contribution is 2.12. The average molecular weight is 312 g/mol. The predicted molar refractivity (Wildman–Crippen MR) is 82.0 cm³/mol. The lowest BCUT2D eigenvalue weighted by Gasteiger charge is -2.01. The van der Waals surface area contributed by atoms with E-state index in [2.05, 4.69) is 20.4 Å². The molecule has 0 aliphatic rings. The minimum absolute atomic E-state index is 0.204. The zero-order chi connectivity index (χ0) is 15.1. The minimum Gasteiger partial charge on any atom is -0.346 e. The number of hydrogen-bond acceptors (Lipinski definition) is 5. The van der Waals surface area contributed by atoms with Gasteiger partial charge in [0.1, 0.15) is 5.56 Å². The third-order valence-corrected chi connectivity index (χ3v) is 4.10. The van der Waals surface area contributed by atoms with E-state index in [9.17, 15) is 4.79 Å². The molecule has 4 aromatic rings. The van der Waals surface area contributed by atoms with Crippen LogP contribution in [0.25, 0.3) is 10.6 Å². The van der Waals surface area contributed by atoms with Crippen LogP contribution >= 0.6 is 11.3 Å². The van der Waals surface area contributed by atoms with Crippen LogP contribution in [0.3, 0.4) is 0 Å². The molecular formula is C14H12N6OS. The molecule has 0 fully saturated rings. The van der Waals surface area contributed by atoms with Gasteiger partial charge in [0.25, 0.3) is 5.91 Å². The molecule has 7 nitrogen and oxygen atoms in total. The van der Waals surface area contributed by atoms with Gasteiger partial charge in [0, 0.05) is 29.7 Å². The summed E-state index contributed by atoms with van der Waals surface area (Å²) in [5, 5.41) is 8.97. The molecule has 1 N–H and O–H groups in total. The molecule has 0 aliphatic heterocycles. The fourth-order valence-electron chi connectivity index (χ4n) is 2.25. The van der Waals surface area contributed by atoms with E-state index in [4.69, 9.17) is 0 Å². The van der Waals surface area contributed by atoms with E-state index in [0.29, 0.717) is 17.8 Å². The number of nitrogens with one attached hydrogen (secondary N) is 1. The number of rotatable bonds is 3. The van der Waals surface area contributed by atoms with Crippen LogP contribution in [-0.4, -0.2) is 29.9 Å². The van der Waals surface area contributed by atoms with Gasteiger partial charge in [0.15, 0.2) is 10.6 Å². The lowest BCUT2D eigenvalue weighted by Crippen LogP contribution is -2.23. The van der Waals surface area contributed by atoms with Gasteiger partial charge in [-0.15, -0.1) is 11.3 Å². The van der Waals surface area contributed by atoms with Gasteiger partial charge in [-0.1, -0.05) is 0 Å². The van der Waals surface area contributed by atoms with E-state index in [0.717, 1.165) is 16.3 Å². The molecule has 0 aromatic carbocycles. The summed E-state index contributed by atoms with van der Waals surface area (Å²) in [5.74, 6) is -0.204. The molecule has 0 aliphatic carbocycles. The molecule has 1 amide bonds. The second kappa shape index (κ2) is 4.92. The molecular weight excluding hydrogens is 300 g/mol. The summed E-state index contributed by atoms with van der Waals surface area (Å²) in [7, 11) is 0. The summed E-state index contributed by atoms with van der Waals surface area (Å²) >= 11 is 1.56. The normalized spacial score (nSPS) is 11.3. The van der Waals surface area contributed by atoms with Gasteiger partial charge in [-0.05, 0) is 13.0 Å². The van der Waals surface area contributed by atoms with E-state index in [-0.39, 0.29) is 5.91 Å². The van der Waals surface area contributed by atoms with Crippen molar-refractivity contribution in [1.29, 1.82) is 0 Å². The zero-order valence-corrected chi connectivity index (χ0v) is 12.5. The molecule has 4 aromatic heterocycles. The SMILES string of the molecule is Cc1ccn2ncc(C(=O)NCc3cn4ccsc4n3)c2n1. The maximum atomic E-state index is 12.3. The Labute approximate surface area is 129 Å².